The molecule has 0 saturated carbocycles. The van der Waals surface area contributed by atoms with Crippen molar-refractivity contribution in [2.24, 2.45) is 0 Å². The van der Waals surface area contributed by atoms with Crippen LogP contribution in [0.1, 0.15) is 22.3 Å². The highest BCUT2D eigenvalue weighted by Gasteiger charge is 2.52. The van der Waals surface area contributed by atoms with E-state index in [4.69, 9.17) is 9.97 Å². The first-order valence-electron chi connectivity index (χ1n) is 20.2. The Labute approximate surface area is 343 Å². The third-order valence-corrected chi connectivity index (χ3v) is 14.3. The van der Waals surface area contributed by atoms with Gasteiger partial charge in [0.05, 0.1) is 16.4 Å². The summed E-state index contributed by atoms with van der Waals surface area (Å²) in [6, 6.07) is 69.3. The third-order valence-electron chi connectivity index (χ3n) is 13.2. The zero-order valence-electron chi connectivity index (χ0n) is 31.6. The van der Waals surface area contributed by atoms with Gasteiger partial charge in [0.2, 0.25) is 0 Å². The molecule has 12 aromatic rings. The van der Waals surface area contributed by atoms with E-state index >= 15 is 0 Å². The lowest BCUT2D eigenvalue weighted by Crippen LogP contribution is -2.25. The summed E-state index contributed by atoms with van der Waals surface area (Å²) in [5.74, 6) is 0.839. The number of thiophene rings is 1. The van der Waals surface area contributed by atoms with Crippen molar-refractivity contribution in [2.75, 3.05) is 0 Å². The van der Waals surface area contributed by atoms with E-state index in [0.29, 0.717) is 0 Å². The molecule has 3 heterocycles. The zero-order chi connectivity index (χ0) is 38.4. The summed E-state index contributed by atoms with van der Waals surface area (Å²) in [5, 5.41) is 8.44. The van der Waals surface area contributed by atoms with E-state index in [-0.39, 0.29) is 0 Å². The molecule has 1 spiro atoms. The van der Waals surface area contributed by atoms with Gasteiger partial charge >= 0.3 is 0 Å². The maximum atomic E-state index is 5.80. The van der Waals surface area contributed by atoms with Crippen LogP contribution in [-0.4, -0.2) is 14.5 Å². The molecule has 0 radical (unpaired) electrons. The minimum absolute atomic E-state index is 0.463. The summed E-state index contributed by atoms with van der Waals surface area (Å²) in [5.41, 5.74) is 15.0. The van der Waals surface area contributed by atoms with Crippen molar-refractivity contribution in [1.29, 1.82) is 0 Å². The highest BCUT2D eigenvalue weighted by atomic mass is 32.1. The van der Waals surface area contributed by atoms with Crippen molar-refractivity contribution in [3.8, 4) is 39.3 Å². The van der Waals surface area contributed by atoms with Crippen molar-refractivity contribution in [2.45, 2.75) is 5.41 Å². The van der Waals surface area contributed by atoms with Crippen LogP contribution >= 0.6 is 11.3 Å². The fourth-order valence-corrected chi connectivity index (χ4v) is 11.9. The van der Waals surface area contributed by atoms with Crippen LogP contribution in [0.25, 0.3) is 103 Å². The Balaban J connectivity index is 1.16. The van der Waals surface area contributed by atoms with Crippen molar-refractivity contribution >= 4 is 75.1 Å². The first-order chi connectivity index (χ1) is 29.3. The van der Waals surface area contributed by atoms with Crippen LogP contribution in [0.5, 0.6) is 0 Å². The molecule has 0 atom stereocenters. The predicted molar refractivity (Wildman–Crippen MR) is 246 cm³/mol. The Hall–Kier alpha value is -7.40. The van der Waals surface area contributed by atoms with Crippen molar-refractivity contribution in [1.82, 2.24) is 14.5 Å². The number of nitrogens with zero attached hydrogens (tertiary/aromatic N) is 3. The second-order valence-corrected chi connectivity index (χ2v) is 17.0. The molecule has 0 aliphatic heterocycles. The normalized spacial score (nSPS) is 13.6. The summed E-state index contributed by atoms with van der Waals surface area (Å²) in [6.07, 6.45) is 0. The van der Waals surface area contributed by atoms with Crippen LogP contribution in [0.2, 0.25) is 0 Å². The van der Waals surface area contributed by atoms with Crippen LogP contribution in [0, 0.1) is 0 Å². The number of rotatable bonds is 2. The minimum atomic E-state index is -0.463. The first kappa shape index (κ1) is 31.7. The lowest BCUT2D eigenvalue weighted by atomic mass is 9.70. The van der Waals surface area contributed by atoms with Crippen molar-refractivity contribution < 1.29 is 0 Å². The number of hydrogen-bond donors (Lipinski definition) is 0. The quantitative estimate of drug-likeness (QED) is 0.175. The molecule has 9 aromatic carbocycles. The molecular formula is C55H31N3S. The van der Waals surface area contributed by atoms with Gasteiger partial charge in [0.15, 0.2) is 5.82 Å². The van der Waals surface area contributed by atoms with E-state index < -0.39 is 5.41 Å². The Morgan fingerprint density at radius 3 is 1.80 bits per heavy atom. The Morgan fingerprint density at radius 1 is 0.424 bits per heavy atom. The molecule has 2 aliphatic carbocycles. The SMILES string of the molecule is c1ccc2c(c1)-c1ccccc1C21c2ccccc2-c2c(-c3nc4sc5ccccc5c4nc3-n3c4cc5ccccc5cc4c4c5ccccc5ccc43)cccc21. The average Bonchev–Trinajstić information content (AvgIpc) is 4.01. The summed E-state index contributed by atoms with van der Waals surface area (Å²) < 4.78 is 3.60. The predicted octanol–water partition coefficient (Wildman–Crippen LogP) is 14.3. The topological polar surface area (TPSA) is 30.7 Å². The number of hydrogen-bond acceptors (Lipinski definition) is 3. The summed E-state index contributed by atoms with van der Waals surface area (Å²) in [6.45, 7) is 0. The third kappa shape index (κ3) is 3.97. The summed E-state index contributed by atoms with van der Waals surface area (Å²) >= 11 is 1.72. The molecule has 3 nitrogen and oxygen atoms in total. The van der Waals surface area contributed by atoms with Gasteiger partial charge in [-0.05, 0) is 90.3 Å². The van der Waals surface area contributed by atoms with Crippen LogP contribution in [-0.2, 0) is 5.41 Å². The standard InChI is InChI=1S/C55H31N3S/c1-2-16-34-31-47-41(30-33(34)15-1)50-35-17-4-3-14-32(35)28-29-46(50)58(47)53-51(57-54-52(56-53)39-21-8-12-27-48(39)59-54)40-22-13-26-45-49(40)38-20-7-11-25-44(38)55(45)42-23-9-5-18-36(42)37-19-6-10-24-43(37)55/h1-31H. The highest BCUT2D eigenvalue weighted by Crippen LogP contribution is 2.64. The number of fused-ring (bicyclic) bond motifs is 19. The Morgan fingerprint density at radius 2 is 1.02 bits per heavy atom. The van der Waals surface area contributed by atoms with Gasteiger partial charge in [0.1, 0.15) is 16.0 Å². The molecule has 14 rings (SSSR count). The fourth-order valence-electron chi connectivity index (χ4n) is 10.9. The summed E-state index contributed by atoms with van der Waals surface area (Å²) in [4.78, 5) is 12.5. The molecule has 4 heteroatoms. The van der Waals surface area contributed by atoms with E-state index in [0.717, 1.165) is 43.8 Å². The molecule has 0 fully saturated rings. The monoisotopic (exact) mass is 765 g/mol. The second kappa shape index (κ2) is 11.4. The van der Waals surface area contributed by atoms with Crippen LogP contribution in [0.15, 0.2) is 188 Å². The molecule has 272 valence electrons. The molecule has 3 aromatic heterocycles. The Bertz CT molecular complexity index is 3770. The maximum absolute atomic E-state index is 5.80. The van der Waals surface area contributed by atoms with Gasteiger partial charge in [-0.3, -0.25) is 4.57 Å². The van der Waals surface area contributed by atoms with E-state index in [2.05, 4.69) is 193 Å². The molecule has 0 unspecified atom stereocenters. The average molecular weight is 766 g/mol. The maximum Gasteiger partial charge on any atom is 0.165 e. The van der Waals surface area contributed by atoms with Gasteiger partial charge in [-0.25, -0.2) is 9.97 Å². The molecule has 59 heavy (non-hydrogen) atoms. The van der Waals surface area contributed by atoms with Gasteiger partial charge in [-0.1, -0.05) is 164 Å². The minimum Gasteiger partial charge on any atom is -0.292 e. The smallest absolute Gasteiger partial charge is 0.165 e. The summed E-state index contributed by atoms with van der Waals surface area (Å²) in [7, 11) is 0. The lowest BCUT2D eigenvalue weighted by molar-refractivity contribution is 0.794. The van der Waals surface area contributed by atoms with Gasteiger partial charge in [-0.2, -0.15) is 0 Å². The van der Waals surface area contributed by atoms with Gasteiger partial charge < -0.3 is 0 Å². The molecule has 0 saturated heterocycles. The van der Waals surface area contributed by atoms with Gasteiger partial charge in [0.25, 0.3) is 0 Å². The molecular weight excluding hydrogens is 735 g/mol. The number of benzene rings is 9. The van der Waals surface area contributed by atoms with E-state index in [1.54, 1.807) is 11.3 Å². The van der Waals surface area contributed by atoms with E-state index in [1.165, 1.54) is 81.5 Å². The lowest BCUT2D eigenvalue weighted by Gasteiger charge is -2.30. The zero-order valence-corrected chi connectivity index (χ0v) is 32.5. The number of aromatic nitrogens is 3. The van der Waals surface area contributed by atoms with Gasteiger partial charge in [-0.15, -0.1) is 11.3 Å². The van der Waals surface area contributed by atoms with Gasteiger partial charge in [0, 0.05) is 26.4 Å². The van der Waals surface area contributed by atoms with Crippen LogP contribution in [0.4, 0.5) is 0 Å². The van der Waals surface area contributed by atoms with Crippen molar-refractivity contribution in [3.05, 3.63) is 210 Å². The second-order valence-electron chi connectivity index (χ2n) is 16.0. The molecule has 0 N–H and O–H groups in total. The Kier molecular flexibility index (Phi) is 6.10. The first-order valence-corrected chi connectivity index (χ1v) is 21.1. The largest absolute Gasteiger partial charge is 0.292 e. The van der Waals surface area contributed by atoms with Crippen LogP contribution in [0.3, 0.4) is 0 Å². The van der Waals surface area contributed by atoms with E-state index in [1.807, 2.05) is 0 Å². The van der Waals surface area contributed by atoms with Crippen LogP contribution < -0.4 is 0 Å². The van der Waals surface area contributed by atoms with Crippen molar-refractivity contribution in [3.63, 3.8) is 0 Å². The molecule has 2 aliphatic rings. The molecule has 0 bridgehead atoms. The fraction of sp³-hybridized carbons (Fsp3) is 0.0182. The molecule has 0 amide bonds. The van der Waals surface area contributed by atoms with E-state index in [9.17, 15) is 0 Å². The highest BCUT2D eigenvalue weighted by molar-refractivity contribution is 7.25.